The Morgan fingerprint density at radius 3 is 2.38 bits per heavy atom. The number of nitrogens with one attached hydrogen (secondary N) is 2. The van der Waals surface area contributed by atoms with Gasteiger partial charge in [-0.2, -0.15) is 0 Å². The van der Waals surface area contributed by atoms with Crippen molar-refractivity contribution in [3.8, 4) is 5.75 Å². The lowest BCUT2D eigenvalue weighted by Gasteiger charge is -2.27. The first kappa shape index (κ1) is 16.8. The number of rotatable bonds is 6. The van der Waals surface area contributed by atoms with E-state index in [1.807, 2.05) is 30.3 Å². The molecule has 0 unspecified atom stereocenters. The highest BCUT2D eigenvalue weighted by atomic mass is 16.5. The van der Waals surface area contributed by atoms with Gasteiger partial charge in [-0.15, -0.1) is 0 Å². The molecule has 2 amide bonds. The molecule has 0 heterocycles. The number of amides is 2. The first-order chi connectivity index (χ1) is 9.80. The fourth-order valence-corrected chi connectivity index (χ4v) is 1.68. The van der Waals surface area contributed by atoms with Gasteiger partial charge in [0.1, 0.15) is 18.4 Å². The van der Waals surface area contributed by atoms with Gasteiger partial charge in [0.25, 0.3) is 0 Å². The van der Waals surface area contributed by atoms with Crippen molar-refractivity contribution >= 4 is 12.0 Å². The molecule has 6 heteroatoms. The Hall–Kier alpha value is -2.24. The van der Waals surface area contributed by atoms with Crippen LogP contribution in [0.1, 0.15) is 20.8 Å². The van der Waals surface area contributed by atoms with Crippen LogP contribution in [0.2, 0.25) is 0 Å². The molecule has 0 radical (unpaired) electrons. The topological polar surface area (TPSA) is 87.7 Å². The standard InChI is InChI=1S/C15H22N2O4/c1-15(2,3)12(13(18)19)17-14(20)16-9-10-21-11-7-5-4-6-8-11/h4-8,12H,9-10H2,1-3H3,(H,18,19)(H2,16,17,20)/t12-/m0/s1. The molecule has 0 bridgehead atoms. The van der Waals surface area contributed by atoms with Crippen LogP contribution in [0.15, 0.2) is 30.3 Å². The summed E-state index contributed by atoms with van der Waals surface area (Å²) < 4.78 is 5.42. The number of urea groups is 1. The van der Waals surface area contributed by atoms with Crippen molar-refractivity contribution in [2.75, 3.05) is 13.2 Å². The normalized spacial score (nSPS) is 12.3. The molecule has 0 saturated heterocycles. The van der Waals surface area contributed by atoms with Crippen LogP contribution in [0, 0.1) is 5.41 Å². The van der Waals surface area contributed by atoms with E-state index in [2.05, 4.69) is 10.6 Å². The average Bonchev–Trinajstić information content (AvgIpc) is 2.40. The Kier molecular flexibility index (Phi) is 6.02. The van der Waals surface area contributed by atoms with Crippen LogP contribution in [0.5, 0.6) is 5.75 Å². The Bertz CT molecular complexity index is 468. The quantitative estimate of drug-likeness (QED) is 0.699. The van der Waals surface area contributed by atoms with Gasteiger partial charge in [-0.25, -0.2) is 9.59 Å². The summed E-state index contributed by atoms with van der Waals surface area (Å²) in [6.45, 7) is 5.86. The zero-order valence-electron chi connectivity index (χ0n) is 12.6. The molecule has 3 N–H and O–H groups in total. The van der Waals surface area contributed by atoms with Gasteiger partial charge in [0.05, 0.1) is 6.54 Å². The number of hydrogen-bond acceptors (Lipinski definition) is 3. The summed E-state index contributed by atoms with van der Waals surface area (Å²) in [7, 11) is 0. The maximum atomic E-state index is 11.7. The number of carbonyl (C=O) groups excluding carboxylic acids is 1. The fraction of sp³-hybridized carbons (Fsp3) is 0.467. The number of carboxylic acids is 1. The molecular formula is C15H22N2O4. The smallest absolute Gasteiger partial charge is 0.326 e. The van der Waals surface area contributed by atoms with E-state index >= 15 is 0 Å². The van der Waals surface area contributed by atoms with Gasteiger partial charge >= 0.3 is 12.0 Å². The zero-order valence-corrected chi connectivity index (χ0v) is 12.6. The minimum atomic E-state index is -1.06. The molecule has 0 aromatic heterocycles. The summed E-state index contributed by atoms with van der Waals surface area (Å²) in [6, 6.07) is 7.77. The number of benzene rings is 1. The second-order valence-electron chi connectivity index (χ2n) is 5.70. The molecule has 116 valence electrons. The van der Waals surface area contributed by atoms with Crippen molar-refractivity contribution in [3.63, 3.8) is 0 Å². The summed E-state index contributed by atoms with van der Waals surface area (Å²) in [5.74, 6) is -0.337. The molecule has 0 saturated carbocycles. The van der Waals surface area contributed by atoms with E-state index in [0.29, 0.717) is 6.61 Å². The summed E-state index contributed by atoms with van der Waals surface area (Å²) in [6.07, 6.45) is 0. The SMILES string of the molecule is CC(C)(C)[C@@H](NC(=O)NCCOc1ccccc1)C(=O)O. The van der Waals surface area contributed by atoms with Crippen LogP contribution >= 0.6 is 0 Å². The first-order valence-corrected chi connectivity index (χ1v) is 6.75. The van der Waals surface area contributed by atoms with Gasteiger partial charge in [-0.05, 0) is 17.5 Å². The highest BCUT2D eigenvalue weighted by molar-refractivity contribution is 5.83. The van der Waals surface area contributed by atoms with Gasteiger partial charge in [0, 0.05) is 0 Å². The van der Waals surface area contributed by atoms with E-state index < -0.39 is 23.5 Å². The van der Waals surface area contributed by atoms with Gasteiger partial charge < -0.3 is 20.5 Å². The zero-order chi connectivity index (χ0) is 15.9. The Labute approximate surface area is 124 Å². The van der Waals surface area contributed by atoms with Gasteiger partial charge in [-0.3, -0.25) is 0 Å². The fourth-order valence-electron chi connectivity index (χ4n) is 1.68. The molecular weight excluding hydrogens is 272 g/mol. The van der Waals surface area contributed by atoms with Crippen molar-refractivity contribution in [2.45, 2.75) is 26.8 Å². The van der Waals surface area contributed by atoms with E-state index in [1.165, 1.54) is 0 Å². The largest absolute Gasteiger partial charge is 0.492 e. The van der Waals surface area contributed by atoms with Crippen molar-refractivity contribution in [2.24, 2.45) is 5.41 Å². The van der Waals surface area contributed by atoms with Crippen LogP contribution in [0.25, 0.3) is 0 Å². The second kappa shape index (κ2) is 7.52. The summed E-state index contributed by atoms with van der Waals surface area (Å²) >= 11 is 0. The van der Waals surface area contributed by atoms with Gasteiger partial charge in [0.2, 0.25) is 0 Å². The maximum Gasteiger partial charge on any atom is 0.326 e. The Morgan fingerprint density at radius 1 is 1.24 bits per heavy atom. The van der Waals surface area contributed by atoms with Crippen molar-refractivity contribution in [1.29, 1.82) is 0 Å². The number of carboxylic acid groups (broad SMARTS) is 1. The van der Waals surface area contributed by atoms with Crippen molar-refractivity contribution < 1.29 is 19.4 Å². The molecule has 1 atom stereocenters. The van der Waals surface area contributed by atoms with Crippen molar-refractivity contribution in [3.05, 3.63) is 30.3 Å². The third-order valence-electron chi connectivity index (χ3n) is 2.79. The number of aliphatic carboxylic acids is 1. The second-order valence-corrected chi connectivity index (χ2v) is 5.70. The molecule has 1 aromatic carbocycles. The number of hydrogen-bond donors (Lipinski definition) is 3. The summed E-state index contributed by atoms with van der Waals surface area (Å²) in [5.41, 5.74) is -0.566. The summed E-state index contributed by atoms with van der Waals surface area (Å²) in [5, 5.41) is 14.1. The van der Waals surface area contributed by atoms with Crippen LogP contribution in [0.4, 0.5) is 4.79 Å². The maximum absolute atomic E-state index is 11.7. The van der Waals surface area contributed by atoms with Gasteiger partial charge in [-0.1, -0.05) is 39.0 Å². The Morgan fingerprint density at radius 2 is 1.86 bits per heavy atom. The number of para-hydroxylation sites is 1. The molecule has 21 heavy (non-hydrogen) atoms. The third kappa shape index (κ3) is 6.16. The first-order valence-electron chi connectivity index (χ1n) is 6.75. The molecule has 0 aliphatic heterocycles. The lowest BCUT2D eigenvalue weighted by Crippen LogP contribution is -2.52. The van der Waals surface area contributed by atoms with Crippen LogP contribution in [0.3, 0.4) is 0 Å². The highest BCUT2D eigenvalue weighted by Gasteiger charge is 2.32. The molecule has 0 spiro atoms. The third-order valence-corrected chi connectivity index (χ3v) is 2.79. The van der Waals surface area contributed by atoms with E-state index in [1.54, 1.807) is 20.8 Å². The minimum absolute atomic E-state index is 0.289. The summed E-state index contributed by atoms with van der Waals surface area (Å²) in [4.78, 5) is 22.8. The molecule has 6 nitrogen and oxygen atoms in total. The molecule has 0 aliphatic rings. The number of ether oxygens (including phenoxy) is 1. The minimum Gasteiger partial charge on any atom is -0.492 e. The van der Waals surface area contributed by atoms with E-state index in [9.17, 15) is 9.59 Å². The number of carbonyl (C=O) groups is 2. The highest BCUT2D eigenvalue weighted by Crippen LogP contribution is 2.19. The van der Waals surface area contributed by atoms with Crippen LogP contribution < -0.4 is 15.4 Å². The molecule has 1 rings (SSSR count). The van der Waals surface area contributed by atoms with Crippen LogP contribution in [-0.2, 0) is 4.79 Å². The monoisotopic (exact) mass is 294 g/mol. The van der Waals surface area contributed by atoms with Crippen molar-refractivity contribution in [1.82, 2.24) is 10.6 Å². The lowest BCUT2D eigenvalue weighted by molar-refractivity contribution is -0.141. The van der Waals surface area contributed by atoms with E-state index in [-0.39, 0.29) is 6.54 Å². The lowest BCUT2D eigenvalue weighted by atomic mass is 9.87. The molecule has 0 aliphatic carbocycles. The molecule has 0 fully saturated rings. The van der Waals surface area contributed by atoms with Gasteiger partial charge in [0.15, 0.2) is 0 Å². The van der Waals surface area contributed by atoms with E-state index in [4.69, 9.17) is 9.84 Å². The molecule has 1 aromatic rings. The van der Waals surface area contributed by atoms with Crippen LogP contribution in [-0.4, -0.2) is 36.3 Å². The predicted molar refractivity (Wildman–Crippen MR) is 79.4 cm³/mol. The predicted octanol–water partition coefficient (Wildman–Crippen LogP) is 1.86. The van der Waals surface area contributed by atoms with E-state index in [0.717, 1.165) is 5.75 Å². The Balaban J connectivity index is 2.32. The average molecular weight is 294 g/mol.